The zero-order chi connectivity index (χ0) is 18.5. The summed E-state index contributed by atoms with van der Waals surface area (Å²) in [6.45, 7) is 1.90. The highest BCUT2D eigenvalue weighted by Crippen LogP contribution is 2.31. The van der Waals surface area contributed by atoms with E-state index in [0.29, 0.717) is 17.1 Å². The van der Waals surface area contributed by atoms with Gasteiger partial charge in [-0.2, -0.15) is 0 Å². The fourth-order valence-electron chi connectivity index (χ4n) is 2.54. The van der Waals surface area contributed by atoms with Gasteiger partial charge in [0.1, 0.15) is 5.01 Å². The van der Waals surface area contributed by atoms with E-state index in [4.69, 9.17) is 9.47 Å². The van der Waals surface area contributed by atoms with Crippen molar-refractivity contribution in [2.45, 2.75) is 13.0 Å². The Kier molecular flexibility index (Phi) is 5.48. The number of carbonyl (C=O) groups excluding carboxylic acids is 1. The van der Waals surface area contributed by atoms with E-state index >= 15 is 0 Å². The Morgan fingerprint density at radius 1 is 1.15 bits per heavy atom. The Labute approximate surface area is 155 Å². The molecule has 1 atom stereocenters. The minimum absolute atomic E-state index is 0.237. The molecule has 0 radical (unpaired) electrons. The normalized spacial score (nSPS) is 11.7. The number of methoxy groups -OCH3 is 2. The summed E-state index contributed by atoms with van der Waals surface area (Å²) in [5.74, 6) is 0.687. The van der Waals surface area contributed by atoms with E-state index in [-0.39, 0.29) is 11.9 Å². The summed E-state index contributed by atoms with van der Waals surface area (Å²) in [4.78, 5) is 21.3. The minimum Gasteiger partial charge on any atom is -0.493 e. The lowest BCUT2D eigenvalue weighted by atomic mass is 10.1. The fraction of sp³-hybridized carbons (Fsp3) is 0.211. The Bertz CT molecular complexity index is 896. The summed E-state index contributed by atoms with van der Waals surface area (Å²) in [7, 11) is 3.05. The monoisotopic (exact) mass is 369 g/mol. The van der Waals surface area contributed by atoms with Crippen LogP contribution in [0.3, 0.4) is 0 Å². The summed E-state index contributed by atoms with van der Waals surface area (Å²) in [6, 6.07) is 8.78. The molecule has 0 bridgehead atoms. The van der Waals surface area contributed by atoms with Crippen molar-refractivity contribution in [2.24, 2.45) is 0 Å². The number of nitrogens with zero attached hydrogens (tertiary/aromatic N) is 2. The molecular weight excluding hydrogens is 350 g/mol. The molecule has 134 valence electrons. The summed E-state index contributed by atoms with van der Waals surface area (Å²) in [5, 5.41) is 5.76. The first-order valence-electron chi connectivity index (χ1n) is 8.01. The highest BCUT2D eigenvalue weighted by atomic mass is 32.1. The van der Waals surface area contributed by atoms with Gasteiger partial charge in [-0.3, -0.25) is 9.78 Å². The number of thiazole rings is 1. The molecule has 1 aromatic carbocycles. The van der Waals surface area contributed by atoms with Gasteiger partial charge in [0, 0.05) is 23.3 Å². The molecule has 2 aromatic heterocycles. The third kappa shape index (κ3) is 3.67. The van der Waals surface area contributed by atoms with Crippen LogP contribution in [0.1, 0.15) is 28.3 Å². The minimum atomic E-state index is -0.242. The Hall–Kier alpha value is -2.93. The average Bonchev–Trinajstić information content (AvgIpc) is 3.18. The number of nitrogens with one attached hydrogen (secondary N) is 1. The molecule has 3 aromatic rings. The first-order valence-corrected chi connectivity index (χ1v) is 8.89. The van der Waals surface area contributed by atoms with E-state index in [1.807, 2.05) is 24.4 Å². The molecule has 6 nitrogen and oxygen atoms in total. The molecule has 1 unspecified atom stereocenters. The van der Waals surface area contributed by atoms with Gasteiger partial charge >= 0.3 is 0 Å². The van der Waals surface area contributed by atoms with Crippen molar-refractivity contribution in [3.05, 3.63) is 58.7 Å². The second-order valence-corrected chi connectivity index (χ2v) is 6.43. The van der Waals surface area contributed by atoms with Crippen molar-refractivity contribution in [1.29, 1.82) is 0 Å². The number of hydrogen-bond acceptors (Lipinski definition) is 6. The second-order valence-electron chi connectivity index (χ2n) is 5.54. The predicted octanol–water partition coefficient (Wildman–Crippen LogP) is 3.71. The number of rotatable bonds is 6. The zero-order valence-corrected chi connectivity index (χ0v) is 15.5. The Balaban J connectivity index is 1.77. The molecule has 0 saturated heterocycles. The standard InChI is InChI=1S/C19H19N3O3S/c1-12(19-22-15(11-26-19)13-7-9-20-10-8-13)21-18(23)14-5-4-6-16(24-2)17(14)25-3/h4-12H,1-3H3,(H,21,23). The summed E-state index contributed by atoms with van der Waals surface area (Å²) < 4.78 is 10.6. The molecule has 0 aliphatic rings. The number of para-hydroxylation sites is 1. The molecule has 0 spiro atoms. The van der Waals surface area contributed by atoms with Crippen molar-refractivity contribution in [1.82, 2.24) is 15.3 Å². The predicted molar refractivity (Wildman–Crippen MR) is 101 cm³/mol. The fourth-order valence-corrected chi connectivity index (χ4v) is 3.38. The summed E-state index contributed by atoms with van der Waals surface area (Å²) in [5.41, 5.74) is 2.28. The van der Waals surface area contributed by atoms with Crippen LogP contribution in [-0.2, 0) is 0 Å². The van der Waals surface area contributed by atoms with Crippen molar-refractivity contribution in [2.75, 3.05) is 14.2 Å². The summed E-state index contributed by atoms with van der Waals surface area (Å²) >= 11 is 1.51. The van der Waals surface area contributed by atoms with Crippen LogP contribution in [0.4, 0.5) is 0 Å². The van der Waals surface area contributed by atoms with Crippen LogP contribution < -0.4 is 14.8 Å². The molecule has 7 heteroatoms. The van der Waals surface area contributed by atoms with Gasteiger partial charge in [-0.1, -0.05) is 6.07 Å². The maximum Gasteiger partial charge on any atom is 0.255 e. The van der Waals surface area contributed by atoms with Crippen molar-refractivity contribution < 1.29 is 14.3 Å². The Morgan fingerprint density at radius 2 is 1.92 bits per heavy atom. The Morgan fingerprint density at radius 3 is 2.62 bits per heavy atom. The van der Waals surface area contributed by atoms with Crippen LogP contribution in [0.15, 0.2) is 48.1 Å². The lowest BCUT2D eigenvalue weighted by molar-refractivity contribution is 0.0936. The van der Waals surface area contributed by atoms with Crippen LogP contribution in [0, 0.1) is 0 Å². The SMILES string of the molecule is COc1cccc(C(=O)NC(C)c2nc(-c3ccncc3)cs2)c1OC. The lowest BCUT2D eigenvalue weighted by Crippen LogP contribution is -2.27. The second kappa shape index (κ2) is 7.97. The van der Waals surface area contributed by atoms with Gasteiger partial charge in [-0.15, -0.1) is 11.3 Å². The number of carbonyl (C=O) groups is 1. The van der Waals surface area contributed by atoms with Gasteiger partial charge in [0.25, 0.3) is 5.91 Å². The van der Waals surface area contributed by atoms with E-state index in [2.05, 4.69) is 15.3 Å². The average molecular weight is 369 g/mol. The maximum absolute atomic E-state index is 12.7. The highest BCUT2D eigenvalue weighted by Gasteiger charge is 2.20. The molecule has 3 rings (SSSR count). The molecule has 0 fully saturated rings. The van der Waals surface area contributed by atoms with Crippen LogP contribution in [0.2, 0.25) is 0 Å². The van der Waals surface area contributed by atoms with Crippen molar-refractivity contribution in [3.63, 3.8) is 0 Å². The van der Waals surface area contributed by atoms with E-state index in [9.17, 15) is 4.79 Å². The number of amides is 1. The quantitative estimate of drug-likeness (QED) is 0.717. The number of aromatic nitrogens is 2. The summed E-state index contributed by atoms with van der Waals surface area (Å²) in [6.07, 6.45) is 3.46. The molecule has 0 aliphatic carbocycles. The van der Waals surface area contributed by atoms with Gasteiger partial charge in [-0.05, 0) is 31.2 Å². The van der Waals surface area contributed by atoms with Crippen LogP contribution >= 0.6 is 11.3 Å². The first-order chi connectivity index (χ1) is 12.6. The van der Waals surface area contributed by atoms with Gasteiger partial charge in [0.05, 0.1) is 31.5 Å². The smallest absolute Gasteiger partial charge is 0.255 e. The zero-order valence-electron chi connectivity index (χ0n) is 14.7. The van der Waals surface area contributed by atoms with Crippen LogP contribution in [-0.4, -0.2) is 30.1 Å². The van der Waals surface area contributed by atoms with Gasteiger partial charge in [0.2, 0.25) is 0 Å². The van der Waals surface area contributed by atoms with E-state index in [0.717, 1.165) is 16.3 Å². The topological polar surface area (TPSA) is 73.3 Å². The maximum atomic E-state index is 12.7. The molecule has 0 saturated carbocycles. The van der Waals surface area contributed by atoms with Gasteiger partial charge in [0.15, 0.2) is 11.5 Å². The molecular formula is C19H19N3O3S. The number of ether oxygens (including phenoxy) is 2. The van der Waals surface area contributed by atoms with Crippen LogP contribution in [0.5, 0.6) is 11.5 Å². The van der Waals surface area contributed by atoms with Crippen molar-refractivity contribution >= 4 is 17.2 Å². The third-order valence-electron chi connectivity index (χ3n) is 3.86. The number of benzene rings is 1. The molecule has 1 N–H and O–H groups in total. The largest absolute Gasteiger partial charge is 0.493 e. The van der Waals surface area contributed by atoms with Gasteiger partial charge in [-0.25, -0.2) is 4.98 Å². The van der Waals surface area contributed by atoms with Crippen molar-refractivity contribution in [3.8, 4) is 22.8 Å². The lowest BCUT2D eigenvalue weighted by Gasteiger charge is -2.15. The van der Waals surface area contributed by atoms with Gasteiger partial charge < -0.3 is 14.8 Å². The molecule has 0 aliphatic heterocycles. The third-order valence-corrected chi connectivity index (χ3v) is 4.89. The molecule has 2 heterocycles. The number of hydrogen-bond donors (Lipinski definition) is 1. The first kappa shape index (κ1) is 17.9. The van der Waals surface area contributed by atoms with E-state index in [1.54, 1.807) is 37.7 Å². The highest BCUT2D eigenvalue weighted by molar-refractivity contribution is 7.10. The molecule has 26 heavy (non-hydrogen) atoms. The molecule has 1 amide bonds. The van der Waals surface area contributed by atoms with E-state index < -0.39 is 0 Å². The van der Waals surface area contributed by atoms with E-state index in [1.165, 1.54) is 18.4 Å². The van der Waals surface area contributed by atoms with Crippen LogP contribution in [0.25, 0.3) is 11.3 Å². The number of pyridine rings is 1.